The summed E-state index contributed by atoms with van der Waals surface area (Å²) in [7, 11) is 0. The van der Waals surface area contributed by atoms with Crippen molar-refractivity contribution < 1.29 is 19.0 Å². The summed E-state index contributed by atoms with van der Waals surface area (Å²) in [6, 6.07) is 18.6. The van der Waals surface area contributed by atoms with Crippen molar-refractivity contribution in [2.45, 2.75) is 37.8 Å². The smallest absolute Gasteiger partial charge is 0.248 e. The summed E-state index contributed by atoms with van der Waals surface area (Å²) in [6.45, 7) is 4.23. The lowest BCUT2D eigenvalue weighted by Crippen LogP contribution is -2.43. The first-order chi connectivity index (χ1) is 16.6. The second kappa shape index (κ2) is 9.98. The van der Waals surface area contributed by atoms with Crippen molar-refractivity contribution in [3.05, 3.63) is 111 Å². The van der Waals surface area contributed by atoms with Crippen LogP contribution in [-0.4, -0.2) is 27.3 Å². The van der Waals surface area contributed by atoms with Crippen LogP contribution >= 0.6 is 0 Å². The van der Waals surface area contributed by atoms with Gasteiger partial charge in [-0.3, -0.25) is 4.79 Å². The molecule has 4 N–H and O–H groups in total. The average molecular weight is 479 g/mol. The molecule has 0 aliphatic carbocycles. The van der Waals surface area contributed by atoms with E-state index in [1.54, 1.807) is 36.4 Å². The summed E-state index contributed by atoms with van der Waals surface area (Å²) in [5.74, 6) is -0.844. The van der Waals surface area contributed by atoms with Gasteiger partial charge in [0.15, 0.2) is 0 Å². The van der Waals surface area contributed by atoms with Gasteiger partial charge in [-0.25, -0.2) is 8.78 Å². The second-order valence-corrected chi connectivity index (χ2v) is 9.43. The predicted molar refractivity (Wildman–Crippen MR) is 133 cm³/mol. The summed E-state index contributed by atoms with van der Waals surface area (Å²) >= 11 is 0. The Morgan fingerprint density at radius 1 is 0.886 bits per heavy atom. The molecule has 4 aromatic rings. The molecule has 3 aromatic carbocycles. The molecule has 0 saturated carbocycles. The Morgan fingerprint density at radius 2 is 1.46 bits per heavy atom. The number of hydrogen-bond donors (Lipinski definition) is 4. The van der Waals surface area contributed by atoms with Crippen molar-refractivity contribution >= 4 is 10.9 Å². The monoisotopic (exact) mass is 478 g/mol. The number of aromatic hydroxyl groups is 1. The number of hydrogen-bond acceptors (Lipinski definition) is 4. The predicted octanol–water partition coefficient (Wildman–Crippen LogP) is 5.14. The van der Waals surface area contributed by atoms with Crippen LogP contribution in [0, 0.1) is 11.6 Å². The van der Waals surface area contributed by atoms with Crippen molar-refractivity contribution in [3.8, 4) is 5.75 Å². The maximum Gasteiger partial charge on any atom is 0.248 e. The number of pyridine rings is 1. The molecule has 1 atom stereocenters. The lowest BCUT2D eigenvalue weighted by atomic mass is 9.81. The number of β-amino-alcohol motifs (C(OH)–C–C–N with tert-alkyl or cyclic N) is 1. The largest absolute Gasteiger partial charge is 0.506 e. The first-order valence-electron chi connectivity index (χ1n) is 11.4. The minimum atomic E-state index is -0.904. The Bertz CT molecular complexity index is 1320. The maximum atomic E-state index is 13.5. The van der Waals surface area contributed by atoms with Crippen molar-refractivity contribution in [1.29, 1.82) is 0 Å². The summed E-state index contributed by atoms with van der Waals surface area (Å²) in [6.07, 6.45) is -0.306. The molecule has 0 unspecified atom stereocenters. The normalized spacial score (nSPS) is 12.9. The molecule has 35 heavy (non-hydrogen) atoms. The number of aliphatic hydroxyl groups is 1. The zero-order valence-electron chi connectivity index (χ0n) is 19.6. The second-order valence-electron chi connectivity index (χ2n) is 9.43. The molecule has 0 bridgehead atoms. The number of phenols is 1. The third-order valence-corrected chi connectivity index (χ3v) is 6.30. The quantitative estimate of drug-likeness (QED) is 0.283. The summed E-state index contributed by atoms with van der Waals surface area (Å²) in [5.41, 5.74) is 1.86. The molecule has 182 valence electrons. The van der Waals surface area contributed by atoms with Crippen LogP contribution in [0.5, 0.6) is 5.75 Å². The van der Waals surface area contributed by atoms with E-state index >= 15 is 0 Å². The van der Waals surface area contributed by atoms with E-state index in [9.17, 15) is 23.8 Å². The van der Waals surface area contributed by atoms with Crippen LogP contribution in [0.3, 0.4) is 0 Å². The Labute approximate surface area is 202 Å². The van der Waals surface area contributed by atoms with Crippen LogP contribution in [0.2, 0.25) is 0 Å². The van der Waals surface area contributed by atoms with Gasteiger partial charge < -0.3 is 20.5 Å². The van der Waals surface area contributed by atoms with E-state index in [2.05, 4.69) is 10.3 Å². The van der Waals surface area contributed by atoms with Crippen LogP contribution < -0.4 is 10.9 Å². The van der Waals surface area contributed by atoms with E-state index in [4.69, 9.17) is 0 Å². The number of aromatic amines is 1. The van der Waals surface area contributed by atoms with Gasteiger partial charge in [0.25, 0.3) is 0 Å². The summed E-state index contributed by atoms with van der Waals surface area (Å²) in [4.78, 5) is 14.3. The Balaban J connectivity index is 1.55. The zero-order valence-corrected chi connectivity index (χ0v) is 19.6. The molecule has 7 heteroatoms. The fraction of sp³-hybridized carbons (Fsp3) is 0.250. The lowest BCUT2D eigenvalue weighted by molar-refractivity contribution is 0.159. The average Bonchev–Trinajstić information content (AvgIpc) is 2.83. The third-order valence-electron chi connectivity index (χ3n) is 6.30. The summed E-state index contributed by atoms with van der Waals surface area (Å²) < 4.78 is 27.1. The number of H-pyrrole nitrogens is 1. The van der Waals surface area contributed by atoms with Crippen molar-refractivity contribution in [2.24, 2.45) is 0 Å². The van der Waals surface area contributed by atoms with Gasteiger partial charge in [0.1, 0.15) is 17.4 Å². The standard InChI is InChI=1S/C28H28F2N2O3/c1-28(2,15-23(17-3-7-19(29)8-4-17)18-5-9-20(30)10-6-18)31-16-25(34)21-11-13-24(33)27-22(21)12-14-26(35)32-27/h3-14,23,25,31,33-34H,15-16H2,1-2H3,(H,32,35)/t25-/m0/s1. The minimum Gasteiger partial charge on any atom is -0.506 e. The molecule has 0 radical (unpaired) electrons. The lowest BCUT2D eigenvalue weighted by Gasteiger charge is -2.33. The van der Waals surface area contributed by atoms with Gasteiger partial charge in [-0.2, -0.15) is 0 Å². The first-order valence-corrected chi connectivity index (χ1v) is 11.4. The zero-order chi connectivity index (χ0) is 25.2. The van der Waals surface area contributed by atoms with Crippen LogP contribution in [0.4, 0.5) is 8.78 Å². The number of halogens is 2. The molecule has 0 aliphatic heterocycles. The molecule has 5 nitrogen and oxygen atoms in total. The number of phenolic OH excluding ortho intramolecular Hbond substituents is 1. The number of nitrogens with one attached hydrogen (secondary N) is 2. The minimum absolute atomic E-state index is 0.0663. The molecule has 0 fully saturated rings. The van der Waals surface area contributed by atoms with E-state index in [1.807, 2.05) is 13.8 Å². The fourth-order valence-corrected chi connectivity index (χ4v) is 4.43. The molecule has 1 heterocycles. The van der Waals surface area contributed by atoms with Gasteiger partial charge in [0.2, 0.25) is 5.56 Å². The molecule has 0 amide bonds. The summed E-state index contributed by atoms with van der Waals surface area (Å²) in [5, 5.41) is 25.0. The van der Waals surface area contributed by atoms with Gasteiger partial charge in [-0.05, 0) is 73.4 Å². The molecule has 0 spiro atoms. The topological polar surface area (TPSA) is 85.3 Å². The van der Waals surface area contributed by atoms with E-state index in [1.165, 1.54) is 36.4 Å². The van der Waals surface area contributed by atoms with Gasteiger partial charge >= 0.3 is 0 Å². The van der Waals surface area contributed by atoms with Crippen LogP contribution in [-0.2, 0) is 0 Å². The number of aromatic nitrogens is 1. The fourth-order valence-electron chi connectivity index (χ4n) is 4.43. The van der Waals surface area contributed by atoms with Crippen molar-refractivity contribution in [3.63, 3.8) is 0 Å². The molecular weight excluding hydrogens is 450 g/mol. The molecule has 0 saturated heterocycles. The Hall–Kier alpha value is -3.55. The molecule has 1 aromatic heterocycles. The highest BCUT2D eigenvalue weighted by molar-refractivity contribution is 5.87. The van der Waals surface area contributed by atoms with Crippen molar-refractivity contribution in [2.75, 3.05) is 6.54 Å². The number of rotatable bonds is 8. The van der Waals surface area contributed by atoms with Gasteiger partial charge in [-0.1, -0.05) is 30.3 Å². The first kappa shape index (κ1) is 24.6. The Kier molecular flexibility index (Phi) is 7.00. The maximum absolute atomic E-state index is 13.5. The number of benzene rings is 3. The third kappa shape index (κ3) is 5.75. The van der Waals surface area contributed by atoms with Gasteiger partial charge in [-0.15, -0.1) is 0 Å². The SMILES string of the molecule is CC(C)(CC(c1ccc(F)cc1)c1ccc(F)cc1)NC[C@H](O)c1ccc(O)c2[nH]c(=O)ccc12. The Morgan fingerprint density at radius 3 is 2.03 bits per heavy atom. The van der Waals surface area contributed by atoms with Gasteiger partial charge in [0, 0.05) is 29.5 Å². The van der Waals surface area contributed by atoms with E-state index < -0.39 is 11.6 Å². The van der Waals surface area contributed by atoms with Crippen LogP contribution in [0.1, 0.15) is 49.0 Å². The van der Waals surface area contributed by atoms with E-state index in [-0.39, 0.29) is 40.9 Å². The van der Waals surface area contributed by atoms with Crippen LogP contribution in [0.25, 0.3) is 10.9 Å². The number of aliphatic hydroxyl groups excluding tert-OH is 1. The highest BCUT2D eigenvalue weighted by atomic mass is 19.1. The molecule has 4 rings (SSSR count). The number of fused-ring (bicyclic) bond motifs is 1. The highest BCUT2D eigenvalue weighted by Crippen LogP contribution is 2.34. The van der Waals surface area contributed by atoms with E-state index in [0.717, 1.165) is 11.1 Å². The molecule has 0 aliphatic rings. The van der Waals surface area contributed by atoms with Gasteiger partial charge in [0.05, 0.1) is 11.6 Å². The molecular formula is C28H28F2N2O3. The van der Waals surface area contributed by atoms with Crippen molar-refractivity contribution in [1.82, 2.24) is 10.3 Å². The highest BCUT2D eigenvalue weighted by Gasteiger charge is 2.27. The van der Waals surface area contributed by atoms with E-state index in [0.29, 0.717) is 17.4 Å². The van der Waals surface area contributed by atoms with Crippen LogP contribution in [0.15, 0.2) is 77.6 Å².